The van der Waals surface area contributed by atoms with Crippen molar-refractivity contribution >= 4 is 5.97 Å². The summed E-state index contributed by atoms with van der Waals surface area (Å²) in [4.78, 5) is 15.4. The fourth-order valence-electron chi connectivity index (χ4n) is 3.86. The number of ether oxygens (including phenoxy) is 2. The number of halogens is 2. The number of rotatable bonds is 6. The van der Waals surface area contributed by atoms with E-state index in [-0.39, 0.29) is 11.3 Å². The number of carboxylic acids is 1. The number of benzene rings is 2. The first-order valence-corrected chi connectivity index (χ1v) is 10.4. The second-order valence-electron chi connectivity index (χ2n) is 7.97. The van der Waals surface area contributed by atoms with Crippen LogP contribution in [-0.2, 0) is 17.6 Å². The van der Waals surface area contributed by atoms with Gasteiger partial charge in [0.05, 0.1) is 13.0 Å². The van der Waals surface area contributed by atoms with Crippen molar-refractivity contribution in [1.29, 1.82) is 0 Å². The normalized spacial score (nSPS) is 16.1. The van der Waals surface area contributed by atoms with Gasteiger partial charge in [-0.3, -0.25) is 9.78 Å². The Morgan fingerprint density at radius 3 is 2.75 bits per heavy atom. The standard InChI is InChI=1S/C25H23F2NO4/c1-14(25(29)30)9-15-3-4-16-5-8-22(32-23(16)10-15)24-21(27)11-17(13-28-24)19-12-18(31-2)6-7-20(19)26/h3-4,6-7,10-14,22H,5,8-9H2,1-2H3,(H,29,30). The summed E-state index contributed by atoms with van der Waals surface area (Å²) in [5.74, 6) is -1.37. The molecule has 5 nitrogen and oxygen atoms in total. The molecule has 0 radical (unpaired) electrons. The fourth-order valence-corrected chi connectivity index (χ4v) is 3.86. The van der Waals surface area contributed by atoms with Crippen LogP contribution in [0.5, 0.6) is 11.5 Å². The highest BCUT2D eigenvalue weighted by atomic mass is 19.1. The van der Waals surface area contributed by atoms with E-state index < -0.39 is 29.6 Å². The molecule has 0 spiro atoms. The zero-order valence-electron chi connectivity index (χ0n) is 17.8. The van der Waals surface area contributed by atoms with Crippen LogP contribution in [0.4, 0.5) is 8.78 Å². The molecule has 166 valence electrons. The molecule has 1 aliphatic heterocycles. The van der Waals surface area contributed by atoms with Gasteiger partial charge in [0, 0.05) is 17.3 Å². The van der Waals surface area contributed by atoms with Gasteiger partial charge in [-0.1, -0.05) is 19.1 Å². The molecule has 32 heavy (non-hydrogen) atoms. The number of aromatic nitrogens is 1. The summed E-state index contributed by atoms with van der Waals surface area (Å²) in [7, 11) is 1.48. The monoisotopic (exact) mass is 439 g/mol. The summed E-state index contributed by atoms with van der Waals surface area (Å²) < 4.78 is 40.4. The number of methoxy groups -OCH3 is 1. The van der Waals surface area contributed by atoms with Crippen LogP contribution in [0.1, 0.15) is 36.3 Å². The molecule has 0 saturated heterocycles. The zero-order valence-corrected chi connectivity index (χ0v) is 17.8. The van der Waals surface area contributed by atoms with Gasteiger partial charge in [0.1, 0.15) is 34.9 Å². The molecule has 7 heteroatoms. The Labute approximate surface area is 184 Å². The molecule has 0 fully saturated rings. The van der Waals surface area contributed by atoms with Gasteiger partial charge in [-0.25, -0.2) is 8.78 Å². The van der Waals surface area contributed by atoms with Crippen molar-refractivity contribution in [2.24, 2.45) is 5.92 Å². The molecular weight excluding hydrogens is 416 g/mol. The van der Waals surface area contributed by atoms with Crippen LogP contribution < -0.4 is 9.47 Å². The third-order valence-electron chi connectivity index (χ3n) is 5.70. The minimum atomic E-state index is -0.861. The first kappa shape index (κ1) is 21.7. The van der Waals surface area contributed by atoms with Crippen LogP contribution >= 0.6 is 0 Å². The molecule has 1 N–H and O–H groups in total. The van der Waals surface area contributed by atoms with Gasteiger partial charge < -0.3 is 14.6 Å². The number of carboxylic acid groups (broad SMARTS) is 1. The molecule has 2 aromatic carbocycles. The van der Waals surface area contributed by atoms with Gasteiger partial charge in [-0.05, 0) is 60.7 Å². The van der Waals surface area contributed by atoms with Gasteiger partial charge in [0.25, 0.3) is 0 Å². The maximum Gasteiger partial charge on any atom is 0.306 e. The van der Waals surface area contributed by atoms with Crippen LogP contribution in [0.15, 0.2) is 48.7 Å². The van der Waals surface area contributed by atoms with E-state index >= 15 is 0 Å². The van der Waals surface area contributed by atoms with Crippen LogP contribution in [0.3, 0.4) is 0 Å². The first-order chi connectivity index (χ1) is 15.4. The molecule has 1 aliphatic rings. The average Bonchev–Trinajstić information content (AvgIpc) is 2.78. The topological polar surface area (TPSA) is 68.7 Å². The van der Waals surface area contributed by atoms with E-state index in [4.69, 9.17) is 14.6 Å². The SMILES string of the molecule is COc1ccc(F)c(-c2cnc(C3CCc4ccc(CC(C)C(=O)O)cc4O3)c(F)c2)c1. The van der Waals surface area contributed by atoms with Crippen LogP contribution in [0, 0.1) is 17.6 Å². The smallest absolute Gasteiger partial charge is 0.306 e. The van der Waals surface area contributed by atoms with E-state index in [1.807, 2.05) is 18.2 Å². The van der Waals surface area contributed by atoms with Gasteiger partial charge in [0.15, 0.2) is 0 Å². The van der Waals surface area contributed by atoms with Crippen molar-refractivity contribution in [1.82, 2.24) is 4.98 Å². The summed E-state index contributed by atoms with van der Waals surface area (Å²) in [5, 5.41) is 9.14. The molecule has 2 atom stereocenters. The molecule has 0 aliphatic carbocycles. The minimum Gasteiger partial charge on any atom is -0.497 e. The predicted molar refractivity (Wildman–Crippen MR) is 115 cm³/mol. The molecule has 0 saturated carbocycles. The Kier molecular flexibility index (Phi) is 6.08. The Balaban J connectivity index is 1.58. The lowest BCUT2D eigenvalue weighted by molar-refractivity contribution is -0.141. The largest absolute Gasteiger partial charge is 0.497 e. The molecule has 0 amide bonds. The highest BCUT2D eigenvalue weighted by molar-refractivity contribution is 5.70. The highest BCUT2D eigenvalue weighted by Crippen LogP contribution is 2.37. The van der Waals surface area contributed by atoms with E-state index in [1.165, 1.54) is 37.6 Å². The lowest BCUT2D eigenvalue weighted by Crippen LogP contribution is -2.18. The lowest BCUT2D eigenvalue weighted by Gasteiger charge is -2.26. The molecule has 0 bridgehead atoms. The third kappa shape index (κ3) is 4.42. The van der Waals surface area contributed by atoms with Crippen molar-refractivity contribution in [2.45, 2.75) is 32.3 Å². The van der Waals surface area contributed by atoms with Crippen molar-refractivity contribution in [3.63, 3.8) is 0 Å². The number of hydrogen-bond donors (Lipinski definition) is 1. The highest BCUT2D eigenvalue weighted by Gasteiger charge is 2.26. The number of aliphatic carboxylic acids is 1. The molecule has 3 aromatic rings. The molecule has 2 heterocycles. The Morgan fingerprint density at radius 1 is 1.22 bits per heavy atom. The molecule has 2 unspecified atom stereocenters. The first-order valence-electron chi connectivity index (χ1n) is 10.4. The van der Waals surface area contributed by atoms with Crippen molar-refractivity contribution in [3.8, 4) is 22.6 Å². The average molecular weight is 439 g/mol. The van der Waals surface area contributed by atoms with Gasteiger partial charge in [-0.15, -0.1) is 0 Å². The molecule has 4 rings (SSSR count). The van der Waals surface area contributed by atoms with E-state index in [0.717, 1.165) is 11.1 Å². The number of carbonyl (C=O) groups is 1. The van der Waals surface area contributed by atoms with E-state index in [1.54, 1.807) is 6.92 Å². The summed E-state index contributed by atoms with van der Waals surface area (Å²) in [5.41, 5.74) is 2.50. The summed E-state index contributed by atoms with van der Waals surface area (Å²) in [6.45, 7) is 1.65. The zero-order chi connectivity index (χ0) is 22.8. The summed E-state index contributed by atoms with van der Waals surface area (Å²) >= 11 is 0. The Morgan fingerprint density at radius 2 is 2.03 bits per heavy atom. The summed E-state index contributed by atoms with van der Waals surface area (Å²) in [6.07, 6.45) is 2.46. The lowest BCUT2D eigenvalue weighted by atomic mass is 9.95. The maximum absolute atomic E-state index is 15.0. The van der Waals surface area contributed by atoms with Crippen molar-refractivity contribution in [2.75, 3.05) is 7.11 Å². The molecule has 1 aromatic heterocycles. The Bertz CT molecular complexity index is 1160. The van der Waals surface area contributed by atoms with Gasteiger partial charge >= 0.3 is 5.97 Å². The van der Waals surface area contributed by atoms with E-state index in [0.29, 0.717) is 36.3 Å². The van der Waals surface area contributed by atoms with Crippen LogP contribution in [0.25, 0.3) is 11.1 Å². The minimum absolute atomic E-state index is 0.159. The van der Waals surface area contributed by atoms with Crippen molar-refractivity contribution < 1.29 is 28.2 Å². The summed E-state index contributed by atoms with van der Waals surface area (Å²) in [6, 6.07) is 11.2. The number of aryl methyl sites for hydroxylation is 1. The second kappa shape index (κ2) is 8.94. The number of pyridine rings is 1. The van der Waals surface area contributed by atoms with Crippen LogP contribution in [-0.4, -0.2) is 23.2 Å². The predicted octanol–water partition coefficient (Wildman–Crippen LogP) is 5.36. The number of nitrogens with zero attached hydrogens (tertiary/aromatic N) is 1. The fraction of sp³-hybridized carbons (Fsp3) is 0.280. The number of fused-ring (bicyclic) bond motifs is 1. The second-order valence-corrected chi connectivity index (χ2v) is 7.97. The number of hydrogen-bond acceptors (Lipinski definition) is 4. The van der Waals surface area contributed by atoms with Gasteiger partial charge in [0.2, 0.25) is 0 Å². The van der Waals surface area contributed by atoms with E-state index in [9.17, 15) is 13.6 Å². The van der Waals surface area contributed by atoms with Crippen molar-refractivity contribution in [3.05, 3.63) is 77.1 Å². The van der Waals surface area contributed by atoms with Crippen LogP contribution in [0.2, 0.25) is 0 Å². The van der Waals surface area contributed by atoms with E-state index in [2.05, 4.69) is 4.98 Å². The molecular formula is C25H23F2NO4. The quantitative estimate of drug-likeness (QED) is 0.560. The van der Waals surface area contributed by atoms with Gasteiger partial charge in [-0.2, -0.15) is 0 Å². The Hall–Kier alpha value is -3.48. The third-order valence-corrected chi connectivity index (χ3v) is 5.70. The maximum atomic E-state index is 15.0.